The number of rotatable bonds is 6. The summed E-state index contributed by atoms with van der Waals surface area (Å²) in [6.07, 6.45) is -4.67. The van der Waals surface area contributed by atoms with E-state index >= 15 is 0 Å². The molecule has 0 bridgehead atoms. The largest absolute Gasteiger partial charge is 0.490 e. The number of aromatic amines is 1. The predicted octanol–water partition coefficient (Wildman–Crippen LogP) is 4.48. The molecule has 0 saturated heterocycles. The van der Waals surface area contributed by atoms with Crippen molar-refractivity contribution in [2.24, 2.45) is 0 Å². The van der Waals surface area contributed by atoms with Gasteiger partial charge in [-0.25, -0.2) is 14.8 Å². The van der Waals surface area contributed by atoms with Gasteiger partial charge in [-0.2, -0.15) is 13.2 Å². The minimum absolute atomic E-state index is 0.312. The molecule has 2 aromatic heterocycles. The Labute approximate surface area is 170 Å². The van der Waals surface area contributed by atoms with Crippen molar-refractivity contribution in [3.05, 3.63) is 41.0 Å². The van der Waals surface area contributed by atoms with Crippen LogP contribution in [0.2, 0.25) is 0 Å². The normalized spacial score (nSPS) is 12.8. The molecular weight excluding hydrogens is 467 g/mol. The number of hydrogen-bond donors (Lipinski definition) is 1. The Morgan fingerprint density at radius 2 is 2.00 bits per heavy atom. The molecule has 1 aromatic carbocycles. The first-order valence-corrected chi connectivity index (χ1v) is 9.17. The number of ether oxygens (including phenoxy) is 2. The number of esters is 1. The zero-order valence-electron chi connectivity index (χ0n) is 14.0. The van der Waals surface area contributed by atoms with Gasteiger partial charge in [-0.3, -0.25) is 0 Å². The van der Waals surface area contributed by atoms with Crippen LogP contribution in [-0.4, -0.2) is 45.7 Å². The van der Waals surface area contributed by atoms with Gasteiger partial charge < -0.3 is 14.5 Å². The highest BCUT2D eigenvalue weighted by Gasteiger charge is 2.42. The number of fused-ring (bicyclic) bond motifs is 1. The van der Waals surface area contributed by atoms with Crippen molar-refractivity contribution in [3.8, 4) is 17.1 Å². The number of pyridine rings is 1. The van der Waals surface area contributed by atoms with Crippen molar-refractivity contribution in [2.45, 2.75) is 12.3 Å². The molecule has 3 rings (SSSR count). The van der Waals surface area contributed by atoms with Gasteiger partial charge in [0.15, 0.2) is 5.65 Å². The minimum Gasteiger partial charge on any atom is -0.490 e. The number of nitrogens with one attached hydrogen (secondary N) is 1. The third kappa shape index (κ3) is 4.93. The molecule has 11 heteroatoms. The van der Waals surface area contributed by atoms with Crippen molar-refractivity contribution < 1.29 is 27.4 Å². The Morgan fingerprint density at radius 1 is 1.29 bits per heavy atom. The Balaban J connectivity index is 1.64. The summed E-state index contributed by atoms with van der Waals surface area (Å²) in [5.41, 5.74) is 2.09. The van der Waals surface area contributed by atoms with Crippen molar-refractivity contribution in [2.75, 3.05) is 12.5 Å². The lowest BCUT2D eigenvalue weighted by Crippen LogP contribution is -2.34. The molecule has 1 unspecified atom stereocenters. The number of benzene rings is 1. The van der Waals surface area contributed by atoms with Crippen LogP contribution in [0.15, 0.2) is 41.0 Å². The molecule has 0 aliphatic heterocycles. The van der Waals surface area contributed by atoms with Gasteiger partial charge in [0.05, 0.1) is 11.4 Å². The van der Waals surface area contributed by atoms with Crippen molar-refractivity contribution in [1.29, 1.82) is 0 Å². The number of nitrogens with zero attached hydrogens (tertiary/aromatic N) is 2. The van der Waals surface area contributed by atoms with Crippen molar-refractivity contribution in [1.82, 2.24) is 15.0 Å². The van der Waals surface area contributed by atoms with Gasteiger partial charge in [0.1, 0.15) is 24.3 Å². The van der Waals surface area contributed by atoms with Gasteiger partial charge in [0, 0.05) is 16.2 Å². The third-order valence-electron chi connectivity index (χ3n) is 3.54. The molecule has 2 heterocycles. The highest BCUT2D eigenvalue weighted by Crippen LogP contribution is 2.24. The number of aromatic nitrogens is 3. The van der Waals surface area contributed by atoms with Crippen LogP contribution >= 0.6 is 27.5 Å². The quantitative estimate of drug-likeness (QED) is 0.418. The zero-order valence-corrected chi connectivity index (χ0v) is 16.3. The summed E-state index contributed by atoms with van der Waals surface area (Å²) >= 11 is 8.87. The molecule has 0 fully saturated rings. The summed E-state index contributed by atoms with van der Waals surface area (Å²) in [5.74, 6) is -1.66. The molecule has 1 N–H and O–H groups in total. The van der Waals surface area contributed by atoms with Gasteiger partial charge in [-0.1, -0.05) is 0 Å². The molecule has 148 valence electrons. The van der Waals surface area contributed by atoms with Crippen LogP contribution in [0.5, 0.6) is 5.75 Å². The predicted molar refractivity (Wildman–Crippen MR) is 99.2 cm³/mol. The zero-order chi connectivity index (χ0) is 20.3. The summed E-state index contributed by atoms with van der Waals surface area (Å²) in [6.45, 7) is -0.312. The number of halogens is 5. The van der Waals surface area contributed by atoms with Crippen LogP contribution in [0.3, 0.4) is 0 Å². The van der Waals surface area contributed by atoms with E-state index in [1.807, 2.05) is 6.07 Å². The summed E-state index contributed by atoms with van der Waals surface area (Å²) in [5, 5.41) is 0. The fourth-order valence-electron chi connectivity index (χ4n) is 2.24. The molecule has 0 radical (unpaired) electrons. The molecule has 3 aromatic rings. The number of H-pyrrole nitrogens is 1. The molecule has 0 aliphatic rings. The van der Waals surface area contributed by atoms with Gasteiger partial charge in [0.25, 0.3) is 0 Å². The van der Waals surface area contributed by atoms with Gasteiger partial charge in [-0.15, -0.1) is 11.6 Å². The summed E-state index contributed by atoms with van der Waals surface area (Å²) in [7, 11) is 0. The van der Waals surface area contributed by atoms with Crippen LogP contribution < -0.4 is 4.74 Å². The molecule has 28 heavy (non-hydrogen) atoms. The maximum Gasteiger partial charge on any atom is 0.490 e. The van der Waals surface area contributed by atoms with Gasteiger partial charge in [-0.05, 0) is 46.3 Å². The van der Waals surface area contributed by atoms with E-state index in [9.17, 15) is 18.0 Å². The van der Waals surface area contributed by atoms with E-state index in [1.165, 1.54) is 0 Å². The average molecular weight is 479 g/mol. The van der Waals surface area contributed by atoms with Crippen LogP contribution in [-0.2, 0) is 9.53 Å². The summed E-state index contributed by atoms with van der Waals surface area (Å²) in [6, 6.07) is 8.52. The Kier molecular flexibility index (Phi) is 6.09. The van der Waals surface area contributed by atoms with E-state index in [0.717, 1.165) is 15.6 Å². The molecule has 0 amide bonds. The van der Waals surface area contributed by atoms with Crippen molar-refractivity contribution >= 4 is 44.7 Å². The molecule has 0 spiro atoms. The maximum absolute atomic E-state index is 12.2. The van der Waals surface area contributed by atoms with E-state index in [2.05, 4.69) is 35.6 Å². The molecule has 1 atom stereocenters. The maximum atomic E-state index is 12.2. The smallest absolute Gasteiger partial charge is 0.490 e. The monoisotopic (exact) mass is 477 g/mol. The van der Waals surface area contributed by atoms with E-state index in [1.54, 1.807) is 30.5 Å². The van der Waals surface area contributed by atoms with Crippen LogP contribution in [0.4, 0.5) is 13.2 Å². The average Bonchev–Trinajstić information content (AvgIpc) is 3.07. The van der Waals surface area contributed by atoms with Gasteiger partial charge in [0.2, 0.25) is 0 Å². The molecule has 0 saturated carbocycles. The SMILES string of the molecule is O=C(OC(CCl)COc1ccc(-c2nc3ncc(Br)cc3[nH]2)cc1)C(F)(F)F. The van der Waals surface area contributed by atoms with Crippen molar-refractivity contribution in [3.63, 3.8) is 0 Å². The lowest BCUT2D eigenvalue weighted by atomic mass is 10.2. The highest BCUT2D eigenvalue weighted by molar-refractivity contribution is 9.10. The number of imidazole rings is 1. The Hall–Kier alpha value is -2.33. The molecule has 6 nitrogen and oxygen atoms in total. The third-order valence-corrected chi connectivity index (χ3v) is 4.32. The van der Waals surface area contributed by atoms with E-state index in [-0.39, 0.29) is 12.5 Å². The van der Waals surface area contributed by atoms with Crippen LogP contribution in [0.25, 0.3) is 22.6 Å². The number of hydrogen-bond acceptors (Lipinski definition) is 5. The minimum atomic E-state index is -5.08. The molecule has 0 aliphatic carbocycles. The second-order valence-corrected chi connectivity index (χ2v) is 6.85. The van der Waals surface area contributed by atoms with Crippen LogP contribution in [0, 0.1) is 0 Å². The lowest BCUT2D eigenvalue weighted by molar-refractivity contribution is -0.204. The second kappa shape index (κ2) is 8.36. The first-order chi connectivity index (χ1) is 13.3. The lowest BCUT2D eigenvalue weighted by Gasteiger charge is -2.17. The summed E-state index contributed by atoms with van der Waals surface area (Å²) in [4.78, 5) is 22.6. The Morgan fingerprint density at radius 3 is 2.64 bits per heavy atom. The van der Waals surface area contributed by atoms with Gasteiger partial charge >= 0.3 is 12.1 Å². The Bertz CT molecular complexity index is 979. The summed E-state index contributed by atoms with van der Waals surface area (Å²) < 4.78 is 47.2. The standard InChI is InChI=1S/C17H12BrClF3N3O3/c18-10-5-13-15(23-7-10)25-14(24-13)9-1-3-11(4-2-9)27-8-12(6-19)28-16(26)17(20,21)22/h1-5,7,12H,6,8H2,(H,23,24,25). The van der Waals surface area contributed by atoms with Crippen LogP contribution in [0.1, 0.15) is 0 Å². The number of carbonyl (C=O) groups is 1. The van der Waals surface area contributed by atoms with E-state index in [0.29, 0.717) is 17.2 Å². The fourth-order valence-corrected chi connectivity index (χ4v) is 2.72. The first-order valence-electron chi connectivity index (χ1n) is 7.84. The highest BCUT2D eigenvalue weighted by atomic mass is 79.9. The van der Waals surface area contributed by atoms with E-state index in [4.69, 9.17) is 16.3 Å². The molecular formula is C17H12BrClF3N3O3. The topological polar surface area (TPSA) is 77.1 Å². The number of carbonyl (C=O) groups excluding carboxylic acids is 1. The first kappa shape index (κ1) is 20.4. The number of alkyl halides is 4. The second-order valence-electron chi connectivity index (χ2n) is 5.62. The fraction of sp³-hybridized carbons (Fsp3) is 0.235. The van der Waals surface area contributed by atoms with E-state index < -0.39 is 18.2 Å².